The lowest BCUT2D eigenvalue weighted by Gasteiger charge is -2.25. The summed E-state index contributed by atoms with van der Waals surface area (Å²) in [6.45, 7) is 3.98. The first kappa shape index (κ1) is 12.5. The van der Waals surface area contributed by atoms with E-state index in [1.807, 2.05) is 13.8 Å². The molecule has 0 aromatic carbocycles. The van der Waals surface area contributed by atoms with Crippen molar-refractivity contribution >= 4 is 11.6 Å². The third-order valence-corrected chi connectivity index (χ3v) is 2.75. The summed E-state index contributed by atoms with van der Waals surface area (Å²) >= 11 is 5.95. The van der Waals surface area contributed by atoms with E-state index in [2.05, 4.69) is 5.10 Å². The summed E-state index contributed by atoms with van der Waals surface area (Å²) in [6.07, 6.45) is 0.487. The Morgan fingerprint density at radius 2 is 2.13 bits per heavy atom. The van der Waals surface area contributed by atoms with Crippen molar-refractivity contribution in [2.45, 2.75) is 26.1 Å². The molecule has 0 radical (unpaired) electrons. The normalized spacial score (nSPS) is 15.7. The smallest absolute Gasteiger partial charge is 0.123 e. The molecule has 1 heterocycles. The first-order chi connectivity index (χ1) is 6.99. The van der Waals surface area contributed by atoms with E-state index >= 15 is 0 Å². The maximum atomic E-state index is 10.1. The van der Waals surface area contributed by atoms with Gasteiger partial charge in [-0.1, -0.05) is 25.4 Å². The van der Waals surface area contributed by atoms with Gasteiger partial charge in [-0.05, 0) is 5.92 Å². The zero-order chi connectivity index (χ0) is 11.6. The summed E-state index contributed by atoms with van der Waals surface area (Å²) in [6, 6.07) is 0. The fourth-order valence-corrected chi connectivity index (χ4v) is 1.95. The molecule has 0 fully saturated rings. The van der Waals surface area contributed by atoms with E-state index in [1.54, 1.807) is 18.8 Å². The average molecular weight is 233 g/mol. The number of aryl methyl sites for hydroxylation is 1. The van der Waals surface area contributed by atoms with Crippen molar-refractivity contribution in [2.24, 2.45) is 13.0 Å². The van der Waals surface area contributed by atoms with E-state index in [9.17, 15) is 5.11 Å². The Hall–Kier alpha value is -0.580. The van der Waals surface area contributed by atoms with Crippen LogP contribution >= 0.6 is 11.6 Å². The Morgan fingerprint density at radius 3 is 2.47 bits per heavy atom. The number of aliphatic hydroxyl groups excluding tert-OH is 1. The number of ether oxygens (including phenoxy) is 1. The molecule has 0 spiro atoms. The van der Waals surface area contributed by atoms with Crippen molar-refractivity contribution in [3.05, 3.63) is 16.9 Å². The molecule has 0 bridgehead atoms. The molecule has 0 aliphatic heterocycles. The maximum Gasteiger partial charge on any atom is 0.123 e. The molecule has 5 heteroatoms. The van der Waals surface area contributed by atoms with E-state index in [4.69, 9.17) is 16.3 Å². The van der Waals surface area contributed by atoms with E-state index < -0.39 is 6.10 Å². The van der Waals surface area contributed by atoms with Crippen LogP contribution in [-0.4, -0.2) is 28.1 Å². The van der Waals surface area contributed by atoms with Crippen LogP contribution in [0, 0.1) is 5.92 Å². The second-order valence-corrected chi connectivity index (χ2v) is 4.30. The van der Waals surface area contributed by atoms with Crippen LogP contribution in [0.25, 0.3) is 0 Å². The largest absolute Gasteiger partial charge is 0.384 e. The Balaban J connectivity index is 2.97. The van der Waals surface area contributed by atoms with E-state index in [0.29, 0.717) is 10.7 Å². The average Bonchev–Trinajstić information content (AvgIpc) is 2.46. The number of nitrogens with zero attached hydrogens (tertiary/aromatic N) is 2. The fraction of sp³-hybridized carbons (Fsp3) is 0.700. The summed E-state index contributed by atoms with van der Waals surface area (Å²) in [4.78, 5) is 0. The minimum absolute atomic E-state index is 0.205. The number of aromatic nitrogens is 2. The van der Waals surface area contributed by atoms with Crippen LogP contribution < -0.4 is 0 Å². The highest BCUT2D eigenvalue weighted by Crippen LogP contribution is 2.28. The number of aliphatic hydroxyl groups is 1. The molecule has 4 nitrogen and oxygen atoms in total. The number of hydrogen-bond acceptors (Lipinski definition) is 3. The highest BCUT2D eigenvalue weighted by Gasteiger charge is 2.28. The van der Waals surface area contributed by atoms with Crippen LogP contribution in [0.4, 0.5) is 0 Å². The predicted molar refractivity (Wildman–Crippen MR) is 58.8 cm³/mol. The standard InChI is InChI=1S/C10H17ClN2O2/c1-6(2)10(15-4)9(14)8-7(11)5-12-13(8)3/h5-6,9-10,14H,1-4H3. The second-order valence-electron chi connectivity index (χ2n) is 3.89. The van der Waals surface area contributed by atoms with Crippen molar-refractivity contribution in [2.75, 3.05) is 7.11 Å². The molecular formula is C10H17ClN2O2. The Morgan fingerprint density at radius 1 is 1.53 bits per heavy atom. The fourth-order valence-electron chi connectivity index (χ4n) is 1.67. The Bertz CT molecular complexity index is 306. The molecule has 0 aliphatic carbocycles. The predicted octanol–water partition coefficient (Wildman–Crippen LogP) is 1.78. The molecule has 15 heavy (non-hydrogen) atoms. The highest BCUT2D eigenvalue weighted by atomic mass is 35.5. The van der Waals surface area contributed by atoms with Crippen LogP contribution in [0.1, 0.15) is 25.6 Å². The molecular weight excluding hydrogens is 216 g/mol. The SMILES string of the molecule is COC(C(C)C)C(O)c1c(Cl)cnn1C. The quantitative estimate of drug-likeness (QED) is 0.861. The third kappa shape index (κ3) is 2.51. The van der Waals surface area contributed by atoms with Crippen molar-refractivity contribution in [3.8, 4) is 0 Å². The number of methoxy groups -OCH3 is 1. The zero-order valence-electron chi connectivity index (χ0n) is 9.44. The van der Waals surface area contributed by atoms with Gasteiger partial charge in [0.2, 0.25) is 0 Å². The summed E-state index contributed by atoms with van der Waals surface area (Å²) < 4.78 is 6.83. The van der Waals surface area contributed by atoms with E-state index in [1.165, 1.54) is 6.20 Å². The van der Waals surface area contributed by atoms with E-state index in [0.717, 1.165) is 0 Å². The molecule has 2 unspecified atom stereocenters. The molecule has 0 saturated carbocycles. The second kappa shape index (κ2) is 4.96. The van der Waals surface area contributed by atoms with Gasteiger partial charge in [0.15, 0.2) is 0 Å². The molecule has 1 rings (SSSR count). The summed E-state index contributed by atoms with van der Waals surface area (Å²) in [7, 11) is 3.33. The molecule has 0 amide bonds. The minimum atomic E-state index is -0.755. The Labute approximate surface area is 94.8 Å². The first-order valence-corrected chi connectivity index (χ1v) is 5.25. The van der Waals surface area contributed by atoms with Gasteiger partial charge in [-0.2, -0.15) is 5.10 Å². The Kier molecular flexibility index (Phi) is 4.13. The number of hydrogen-bond donors (Lipinski definition) is 1. The van der Waals surface area contributed by atoms with Crippen molar-refractivity contribution in [1.82, 2.24) is 9.78 Å². The zero-order valence-corrected chi connectivity index (χ0v) is 10.2. The molecule has 86 valence electrons. The van der Waals surface area contributed by atoms with Gasteiger partial charge in [0, 0.05) is 14.2 Å². The lowest BCUT2D eigenvalue weighted by atomic mass is 9.99. The van der Waals surface area contributed by atoms with Gasteiger partial charge in [-0.15, -0.1) is 0 Å². The van der Waals surface area contributed by atoms with Gasteiger partial charge in [0.05, 0.1) is 23.0 Å². The van der Waals surface area contributed by atoms with Crippen LogP contribution in [-0.2, 0) is 11.8 Å². The lowest BCUT2D eigenvalue weighted by Crippen LogP contribution is -2.28. The molecule has 0 saturated heterocycles. The van der Waals surface area contributed by atoms with Crippen LogP contribution in [0.5, 0.6) is 0 Å². The van der Waals surface area contributed by atoms with Crippen molar-refractivity contribution in [1.29, 1.82) is 0 Å². The van der Waals surface area contributed by atoms with Gasteiger partial charge < -0.3 is 9.84 Å². The summed E-state index contributed by atoms with van der Waals surface area (Å²) in [5.41, 5.74) is 0.595. The lowest BCUT2D eigenvalue weighted by molar-refractivity contribution is -0.0423. The number of rotatable bonds is 4. The van der Waals surface area contributed by atoms with Crippen molar-refractivity contribution in [3.63, 3.8) is 0 Å². The molecule has 0 aliphatic rings. The topological polar surface area (TPSA) is 47.3 Å². The van der Waals surface area contributed by atoms with Gasteiger partial charge >= 0.3 is 0 Å². The van der Waals surface area contributed by atoms with E-state index in [-0.39, 0.29) is 12.0 Å². The third-order valence-electron chi connectivity index (χ3n) is 2.46. The summed E-state index contributed by atoms with van der Waals surface area (Å²) in [5.74, 6) is 0.205. The van der Waals surface area contributed by atoms with Gasteiger partial charge in [-0.3, -0.25) is 4.68 Å². The minimum Gasteiger partial charge on any atom is -0.384 e. The van der Waals surface area contributed by atoms with Crippen LogP contribution in [0.3, 0.4) is 0 Å². The molecule has 2 atom stereocenters. The molecule has 1 aromatic heterocycles. The molecule has 1 N–H and O–H groups in total. The highest BCUT2D eigenvalue weighted by molar-refractivity contribution is 6.31. The van der Waals surface area contributed by atoms with Gasteiger partial charge in [0.1, 0.15) is 6.10 Å². The van der Waals surface area contributed by atoms with Gasteiger partial charge in [-0.25, -0.2) is 0 Å². The van der Waals surface area contributed by atoms with Crippen LogP contribution in [0.2, 0.25) is 5.02 Å². The molecule has 1 aromatic rings. The monoisotopic (exact) mass is 232 g/mol. The van der Waals surface area contributed by atoms with Gasteiger partial charge in [0.25, 0.3) is 0 Å². The first-order valence-electron chi connectivity index (χ1n) is 4.87. The van der Waals surface area contributed by atoms with Crippen molar-refractivity contribution < 1.29 is 9.84 Å². The summed E-state index contributed by atoms with van der Waals surface area (Å²) in [5, 5.41) is 14.6. The maximum absolute atomic E-state index is 10.1. The number of halogens is 1. The van der Waals surface area contributed by atoms with Crippen LogP contribution in [0.15, 0.2) is 6.20 Å².